The zero-order valence-electron chi connectivity index (χ0n) is 33.2. The zero-order valence-corrected chi connectivity index (χ0v) is 33.2. The quantitative estimate of drug-likeness (QED) is 0.142. The first kappa shape index (κ1) is 35.0. The highest BCUT2D eigenvalue weighted by molar-refractivity contribution is 6.24. The third-order valence-electron chi connectivity index (χ3n) is 12.3. The van der Waals surface area contributed by atoms with Gasteiger partial charge in [-0.1, -0.05) is 143 Å². The number of allylic oxidation sites excluding steroid dienone is 8. The van der Waals surface area contributed by atoms with E-state index < -0.39 is 0 Å². The van der Waals surface area contributed by atoms with Gasteiger partial charge >= 0.3 is 0 Å². The molecule has 3 aliphatic rings. The van der Waals surface area contributed by atoms with Crippen molar-refractivity contribution in [1.82, 2.24) is 0 Å². The number of benzene rings is 6. The number of hydrogen-bond acceptors (Lipinski definition) is 1. The monoisotopic (exact) mass is 715 g/mol. The van der Waals surface area contributed by atoms with Crippen molar-refractivity contribution < 1.29 is 4.58 Å². The predicted molar refractivity (Wildman–Crippen MR) is 237 cm³/mol. The van der Waals surface area contributed by atoms with Crippen molar-refractivity contribution in [1.29, 1.82) is 0 Å². The molecule has 0 saturated heterocycles. The minimum Gasteiger partial charge on any atom is -0.344 e. The predicted octanol–water partition coefficient (Wildman–Crippen LogP) is 13.4. The van der Waals surface area contributed by atoms with E-state index in [1.54, 1.807) is 0 Å². The molecule has 6 aromatic rings. The van der Waals surface area contributed by atoms with Gasteiger partial charge in [-0.25, -0.2) is 0 Å². The summed E-state index contributed by atoms with van der Waals surface area (Å²) in [6, 6.07) is 47.1. The Balaban J connectivity index is 1.23. The van der Waals surface area contributed by atoms with Crippen LogP contribution in [0.25, 0.3) is 38.3 Å². The lowest BCUT2D eigenvalue weighted by Crippen LogP contribution is -2.28. The molecule has 2 nitrogen and oxygen atoms in total. The SMILES string of the molecule is CCCN1/C(=C/C=C2C(c3ccccc3)=C(/C=C/C3=[N+](CCC)c4ccc5ccccc5c4C3(C)C)c3ccccc3/2)C(C)(C)c2c1ccc1ccccc21. The fourth-order valence-electron chi connectivity index (χ4n) is 9.95. The summed E-state index contributed by atoms with van der Waals surface area (Å²) >= 11 is 0. The molecule has 2 heterocycles. The number of anilines is 1. The zero-order chi connectivity index (χ0) is 37.9. The minimum absolute atomic E-state index is 0.160. The van der Waals surface area contributed by atoms with E-state index in [0.717, 1.165) is 25.9 Å². The van der Waals surface area contributed by atoms with E-state index >= 15 is 0 Å². The molecule has 0 unspecified atom stereocenters. The summed E-state index contributed by atoms with van der Waals surface area (Å²) in [7, 11) is 0. The molecule has 272 valence electrons. The van der Waals surface area contributed by atoms with E-state index in [9.17, 15) is 0 Å². The van der Waals surface area contributed by atoms with Crippen molar-refractivity contribution >= 4 is 55.4 Å². The Labute approximate surface area is 327 Å². The number of nitrogens with zero attached hydrogens (tertiary/aromatic N) is 2. The average Bonchev–Trinajstić information content (AvgIpc) is 3.72. The molecule has 0 aromatic heterocycles. The van der Waals surface area contributed by atoms with Gasteiger partial charge in [0.15, 0.2) is 5.71 Å². The molecule has 0 saturated carbocycles. The first-order valence-corrected chi connectivity index (χ1v) is 20.2. The van der Waals surface area contributed by atoms with Crippen LogP contribution in [0.15, 0.2) is 157 Å². The first-order valence-electron chi connectivity index (χ1n) is 20.2. The van der Waals surface area contributed by atoms with E-state index in [2.05, 4.69) is 203 Å². The van der Waals surface area contributed by atoms with E-state index in [1.165, 1.54) is 88.9 Å². The number of hydrogen-bond donors (Lipinski definition) is 0. The largest absolute Gasteiger partial charge is 0.344 e. The molecule has 0 amide bonds. The Morgan fingerprint density at radius 3 is 1.93 bits per heavy atom. The van der Waals surface area contributed by atoms with Crippen LogP contribution in [0.4, 0.5) is 11.4 Å². The highest BCUT2D eigenvalue weighted by Gasteiger charge is 2.45. The van der Waals surface area contributed by atoms with Gasteiger partial charge in [0.05, 0.1) is 5.41 Å². The standard InChI is InChI=1S/C53H51N2/c1-7-34-54-45-30-26-36-18-12-14-22-39(36)50(45)52(3,4)47(54)32-28-43-41-24-16-17-25-42(41)44(49(43)38-20-10-9-11-21-38)29-33-48-53(5,6)51-40-23-15-13-19-37(40)27-31-46(51)55(48)35-8-2/h9-33H,7-8,34-35H2,1-6H3/q+1. The lowest BCUT2D eigenvalue weighted by atomic mass is 9.79. The molecule has 2 aliphatic heterocycles. The molecule has 0 N–H and O–H groups in total. The molecule has 0 radical (unpaired) electrons. The molecule has 55 heavy (non-hydrogen) atoms. The van der Waals surface area contributed by atoms with Gasteiger partial charge in [0.25, 0.3) is 0 Å². The van der Waals surface area contributed by atoms with Gasteiger partial charge in [0.2, 0.25) is 5.69 Å². The molecule has 2 heteroatoms. The molecular weight excluding hydrogens is 665 g/mol. The summed E-state index contributed by atoms with van der Waals surface area (Å²) in [4.78, 5) is 2.58. The van der Waals surface area contributed by atoms with Crippen molar-refractivity contribution in [3.8, 4) is 0 Å². The first-order chi connectivity index (χ1) is 26.8. The second-order valence-corrected chi connectivity index (χ2v) is 16.5. The molecule has 0 fully saturated rings. The van der Waals surface area contributed by atoms with Crippen LogP contribution in [0.1, 0.15) is 82.2 Å². The average molecular weight is 716 g/mol. The van der Waals surface area contributed by atoms with Crippen LogP contribution >= 0.6 is 0 Å². The third kappa shape index (κ3) is 5.48. The van der Waals surface area contributed by atoms with Crippen molar-refractivity contribution in [3.05, 3.63) is 185 Å². The van der Waals surface area contributed by atoms with Crippen LogP contribution in [0.3, 0.4) is 0 Å². The van der Waals surface area contributed by atoms with Gasteiger partial charge in [0.1, 0.15) is 6.54 Å². The summed E-state index contributed by atoms with van der Waals surface area (Å²) in [6.07, 6.45) is 11.9. The molecule has 9 rings (SSSR count). The Morgan fingerprint density at radius 2 is 1.22 bits per heavy atom. The molecule has 1 aliphatic carbocycles. The lowest BCUT2D eigenvalue weighted by Gasteiger charge is -2.27. The fourth-order valence-corrected chi connectivity index (χ4v) is 9.95. The second kappa shape index (κ2) is 13.5. The van der Waals surface area contributed by atoms with Gasteiger partial charge in [-0.3, -0.25) is 0 Å². The summed E-state index contributed by atoms with van der Waals surface area (Å²) in [5.74, 6) is 0. The summed E-state index contributed by atoms with van der Waals surface area (Å²) in [5.41, 5.74) is 15.6. The smallest absolute Gasteiger partial charge is 0.210 e. The maximum Gasteiger partial charge on any atom is 0.210 e. The Morgan fingerprint density at radius 1 is 0.582 bits per heavy atom. The minimum atomic E-state index is -0.160. The lowest BCUT2D eigenvalue weighted by molar-refractivity contribution is -0.437. The fraction of sp³-hybridized carbons (Fsp3) is 0.226. The maximum atomic E-state index is 2.58. The van der Waals surface area contributed by atoms with Crippen molar-refractivity contribution in [2.24, 2.45) is 0 Å². The van der Waals surface area contributed by atoms with Gasteiger partial charge < -0.3 is 4.90 Å². The van der Waals surface area contributed by atoms with Gasteiger partial charge in [-0.2, -0.15) is 4.58 Å². The highest BCUT2D eigenvalue weighted by Crippen LogP contribution is 2.52. The molecule has 6 aromatic carbocycles. The molecule has 0 spiro atoms. The summed E-state index contributed by atoms with van der Waals surface area (Å²) < 4.78 is 2.58. The van der Waals surface area contributed by atoms with Crippen LogP contribution in [0, 0.1) is 0 Å². The van der Waals surface area contributed by atoms with E-state index in [0.29, 0.717) is 0 Å². The van der Waals surface area contributed by atoms with Gasteiger partial charge in [-0.05, 0) is 105 Å². The third-order valence-corrected chi connectivity index (χ3v) is 12.3. The van der Waals surface area contributed by atoms with Crippen molar-refractivity contribution in [2.75, 3.05) is 18.0 Å². The Hall–Kier alpha value is -5.73. The van der Waals surface area contributed by atoms with Crippen LogP contribution in [0.2, 0.25) is 0 Å². The Bertz CT molecular complexity index is 2660. The Kier molecular flexibility index (Phi) is 8.61. The highest BCUT2D eigenvalue weighted by atomic mass is 15.2. The number of rotatable bonds is 8. The van der Waals surface area contributed by atoms with Gasteiger partial charge in [-0.15, -0.1) is 0 Å². The summed E-state index contributed by atoms with van der Waals surface area (Å²) in [5, 5.41) is 5.31. The van der Waals surface area contributed by atoms with Gasteiger partial charge in [0, 0.05) is 47.5 Å². The molecule has 0 bridgehead atoms. The van der Waals surface area contributed by atoms with Crippen LogP contribution < -0.4 is 4.90 Å². The molecule has 0 atom stereocenters. The topological polar surface area (TPSA) is 6.25 Å². The van der Waals surface area contributed by atoms with Crippen LogP contribution in [0.5, 0.6) is 0 Å². The summed E-state index contributed by atoms with van der Waals surface area (Å²) in [6.45, 7) is 16.2. The second-order valence-electron chi connectivity index (χ2n) is 16.5. The van der Waals surface area contributed by atoms with Crippen molar-refractivity contribution in [2.45, 2.75) is 65.2 Å². The number of fused-ring (bicyclic) bond motifs is 7. The normalized spacial score (nSPS) is 18.4. The van der Waals surface area contributed by atoms with Crippen molar-refractivity contribution in [3.63, 3.8) is 0 Å². The van der Waals surface area contributed by atoms with E-state index in [1.807, 2.05) is 0 Å². The van der Waals surface area contributed by atoms with Crippen LogP contribution in [-0.2, 0) is 10.8 Å². The van der Waals surface area contributed by atoms with Crippen LogP contribution in [-0.4, -0.2) is 23.4 Å². The maximum absolute atomic E-state index is 2.58. The van der Waals surface area contributed by atoms with E-state index in [-0.39, 0.29) is 10.8 Å². The molecular formula is C53H51N2+. The van der Waals surface area contributed by atoms with E-state index in [4.69, 9.17) is 0 Å².